The zero-order chi connectivity index (χ0) is 21.5. The van der Waals surface area contributed by atoms with E-state index in [4.69, 9.17) is 0 Å². The van der Waals surface area contributed by atoms with Gasteiger partial charge >= 0.3 is 0 Å². The average Bonchev–Trinajstić information content (AvgIpc) is 2.76. The molecule has 0 radical (unpaired) electrons. The second-order valence-electron chi connectivity index (χ2n) is 6.74. The van der Waals surface area contributed by atoms with Gasteiger partial charge in [-0.3, -0.25) is 9.78 Å². The van der Waals surface area contributed by atoms with Crippen LogP contribution < -0.4 is 5.32 Å². The highest BCUT2D eigenvalue weighted by atomic mass is 16.1. The van der Waals surface area contributed by atoms with Crippen molar-refractivity contribution in [1.82, 2.24) is 4.98 Å². The van der Waals surface area contributed by atoms with Gasteiger partial charge < -0.3 is 5.32 Å². The van der Waals surface area contributed by atoms with Gasteiger partial charge in [-0.15, -0.1) is 0 Å². The Morgan fingerprint density at radius 2 is 1.17 bits per heavy atom. The summed E-state index contributed by atoms with van der Waals surface area (Å²) in [6.45, 7) is 2.15. The number of aromatic nitrogens is 1. The molecule has 1 rings (SSSR count). The first kappa shape index (κ1) is 25.1. The predicted octanol–water partition coefficient (Wildman–Crippen LogP) is 7.50. The molecule has 3 nitrogen and oxygen atoms in total. The smallest absolute Gasteiger partial charge is 0.224 e. The standard InChI is InChI=1S/C27H36N2O/c1-2-3-4-5-6-7-8-9-10-11-12-13-14-15-16-17-18-19-20-21-27(30)29-26-22-24-28-25-23-26/h3-4,6-7,9-10,12-13,15-16,18-19,22-25H,2,5,8,11,14,17,20-21H2,1H3,(H,28,29,30). The molecule has 0 aromatic carbocycles. The molecule has 0 bridgehead atoms. The van der Waals surface area contributed by atoms with Crippen molar-refractivity contribution in [3.05, 3.63) is 97.4 Å². The minimum absolute atomic E-state index is 0.0285. The number of anilines is 1. The molecule has 0 aliphatic heterocycles. The molecule has 1 aromatic heterocycles. The molecule has 0 unspecified atom stereocenters. The molecule has 0 saturated heterocycles. The predicted molar refractivity (Wildman–Crippen MR) is 130 cm³/mol. The van der Waals surface area contributed by atoms with Crippen molar-refractivity contribution in [3.8, 4) is 0 Å². The van der Waals surface area contributed by atoms with E-state index in [-0.39, 0.29) is 5.91 Å². The molecule has 0 spiro atoms. The highest BCUT2D eigenvalue weighted by Gasteiger charge is 1.99. The number of hydrogen-bond acceptors (Lipinski definition) is 2. The van der Waals surface area contributed by atoms with Gasteiger partial charge in [0.05, 0.1) is 0 Å². The minimum Gasteiger partial charge on any atom is -0.326 e. The summed E-state index contributed by atoms with van der Waals surface area (Å²) < 4.78 is 0. The number of nitrogens with zero attached hydrogens (tertiary/aromatic N) is 1. The molecule has 1 heterocycles. The summed E-state index contributed by atoms with van der Waals surface area (Å²) in [4.78, 5) is 15.7. The topological polar surface area (TPSA) is 42.0 Å². The van der Waals surface area contributed by atoms with Gasteiger partial charge in [0.15, 0.2) is 0 Å². The average molecular weight is 405 g/mol. The highest BCUT2D eigenvalue weighted by Crippen LogP contribution is 2.05. The van der Waals surface area contributed by atoms with Crippen molar-refractivity contribution < 1.29 is 4.79 Å². The van der Waals surface area contributed by atoms with Crippen LogP contribution in [0.4, 0.5) is 5.69 Å². The second kappa shape index (κ2) is 19.4. The van der Waals surface area contributed by atoms with Crippen LogP contribution in [0.1, 0.15) is 58.3 Å². The minimum atomic E-state index is 0.0285. The largest absolute Gasteiger partial charge is 0.326 e. The Morgan fingerprint density at radius 3 is 1.63 bits per heavy atom. The fraction of sp³-hybridized carbons (Fsp3) is 0.333. The molecule has 160 valence electrons. The molecule has 0 fully saturated rings. The number of allylic oxidation sites excluding steroid dienone is 12. The molecule has 1 N–H and O–H groups in total. The van der Waals surface area contributed by atoms with Crippen molar-refractivity contribution in [2.24, 2.45) is 0 Å². The van der Waals surface area contributed by atoms with Crippen LogP contribution in [0.5, 0.6) is 0 Å². The van der Waals surface area contributed by atoms with Gasteiger partial charge in [0.25, 0.3) is 0 Å². The lowest BCUT2D eigenvalue weighted by Crippen LogP contribution is -2.10. The van der Waals surface area contributed by atoms with E-state index in [0.29, 0.717) is 6.42 Å². The molecular formula is C27H36N2O. The first-order chi connectivity index (χ1) is 14.8. The van der Waals surface area contributed by atoms with E-state index in [0.717, 1.165) is 50.6 Å². The van der Waals surface area contributed by atoms with Crippen LogP contribution in [0, 0.1) is 0 Å². The first-order valence-electron chi connectivity index (χ1n) is 10.9. The number of carbonyl (C=O) groups excluding carboxylic acids is 1. The Balaban J connectivity index is 1.98. The Bertz CT molecular complexity index is 724. The zero-order valence-corrected chi connectivity index (χ0v) is 18.2. The van der Waals surface area contributed by atoms with E-state index in [1.807, 2.05) is 0 Å². The van der Waals surface area contributed by atoms with Crippen LogP contribution in [0.2, 0.25) is 0 Å². The Kier molecular flexibility index (Phi) is 16.2. The Hall–Kier alpha value is -2.94. The number of hydrogen-bond donors (Lipinski definition) is 1. The maximum atomic E-state index is 11.8. The molecule has 1 aromatic rings. The normalized spacial score (nSPS) is 12.6. The molecule has 0 aliphatic carbocycles. The number of rotatable bonds is 15. The van der Waals surface area contributed by atoms with Crippen molar-refractivity contribution in [2.45, 2.75) is 58.3 Å². The van der Waals surface area contributed by atoms with E-state index >= 15 is 0 Å². The van der Waals surface area contributed by atoms with Gasteiger partial charge in [0.1, 0.15) is 0 Å². The Labute approximate surface area is 182 Å². The maximum absolute atomic E-state index is 11.8. The van der Waals surface area contributed by atoms with Crippen LogP contribution in [-0.4, -0.2) is 10.9 Å². The number of amides is 1. The summed E-state index contributed by atoms with van der Waals surface area (Å²) in [5.74, 6) is 0.0285. The summed E-state index contributed by atoms with van der Waals surface area (Å²) in [5, 5.41) is 2.86. The lowest BCUT2D eigenvalue weighted by molar-refractivity contribution is -0.116. The molecule has 0 atom stereocenters. The lowest BCUT2D eigenvalue weighted by atomic mass is 10.2. The summed E-state index contributed by atoms with van der Waals surface area (Å²) >= 11 is 0. The van der Waals surface area contributed by atoms with E-state index in [2.05, 4.69) is 90.1 Å². The second-order valence-corrected chi connectivity index (χ2v) is 6.74. The van der Waals surface area contributed by atoms with Gasteiger partial charge in [0.2, 0.25) is 5.91 Å². The third kappa shape index (κ3) is 16.1. The monoisotopic (exact) mass is 404 g/mol. The lowest BCUT2D eigenvalue weighted by Gasteiger charge is -2.02. The molecule has 0 saturated carbocycles. The number of nitrogens with one attached hydrogen (secondary N) is 1. The van der Waals surface area contributed by atoms with Crippen LogP contribution in [0.3, 0.4) is 0 Å². The maximum Gasteiger partial charge on any atom is 0.224 e. The quantitative estimate of drug-likeness (QED) is 0.308. The van der Waals surface area contributed by atoms with Gasteiger partial charge in [-0.1, -0.05) is 79.8 Å². The molecule has 0 aliphatic rings. The summed E-state index contributed by atoms with van der Waals surface area (Å²) in [5.41, 5.74) is 0.790. The summed E-state index contributed by atoms with van der Waals surface area (Å²) in [6.07, 6.45) is 36.7. The fourth-order valence-corrected chi connectivity index (χ4v) is 2.51. The number of pyridine rings is 1. The van der Waals surface area contributed by atoms with E-state index in [9.17, 15) is 4.79 Å². The van der Waals surface area contributed by atoms with E-state index < -0.39 is 0 Å². The van der Waals surface area contributed by atoms with Crippen molar-refractivity contribution in [2.75, 3.05) is 5.32 Å². The molecule has 1 amide bonds. The summed E-state index contributed by atoms with van der Waals surface area (Å²) in [7, 11) is 0. The van der Waals surface area contributed by atoms with Crippen LogP contribution in [0.25, 0.3) is 0 Å². The molecule has 3 heteroatoms. The zero-order valence-electron chi connectivity index (χ0n) is 18.2. The third-order valence-electron chi connectivity index (χ3n) is 4.10. The first-order valence-corrected chi connectivity index (χ1v) is 10.9. The molecular weight excluding hydrogens is 368 g/mol. The van der Waals surface area contributed by atoms with Crippen molar-refractivity contribution in [3.63, 3.8) is 0 Å². The van der Waals surface area contributed by atoms with Crippen LogP contribution in [-0.2, 0) is 4.79 Å². The van der Waals surface area contributed by atoms with Gasteiger partial charge in [-0.25, -0.2) is 0 Å². The molecule has 30 heavy (non-hydrogen) atoms. The third-order valence-corrected chi connectivity index (χ3v) is 4.10. The van der Waals surface area contributed by atoms with Crippen molar-refractivity contribution >= 4 is 11.6 Å². The van der Waals surface area contributed by atoms with Crippen molar-refractivity contribution in [1.29, 1.82) is 0 Å². The van der Waals surface area contributed by atoms with Gasteiger partial charge in [-0.05, 0) is 57.1 Å². The van der Waals surface area contributed by atoms with Crippen LogP contribution in [0.15, 0.2) is 97.4 Å². The van der Waals surface area contributed by atoms with E-state index in [1.54, 1.807) is 24.5 Å². The fourth-order valence-electron chi connectivity index (χ4n) is 2.51. The van der Waals surface area contributed by atoms with E-state index in [1.165, 1.54) is 0 Å². The van der Waals surface area contributed by atoms with Crippen LogP contribution >= 0.6 is 0 Å². The highest BCUT2D eigenvalue weighted by molar-refractivity contribution is 5.90. The SMILES string of the molecule is CCC=CCC=CCC=CCC=CCC=CCC=CCCC(=O)Nc1ccncc1. The van der Waals surface area contributed by atoms with Gasteiger partial charge in [0, 0.05) is 24.5 Å². The Morgan fingerprint density at radius 1 is 0.733 bits per heavy atom. The summed E-state index contributed by atoms with van der Waals surface area (Å²) in [6, 6.07) is 3.57. The number of carbonyl (C=O) groups is 1. The van der Waals surface area contributed by atoms with Gasteiger partial charge in [-0.2, -0.15) is 0 Å².